The number of nitrogens with zero attached hydrogens (tertiary/aromatic N) is 2. The van der Waals surface area contributed by atoms with Crippen LogP contribution in [-0.4, -0.2) is 27.4 Å². The van der Waals surface area contributed by atoms with Crippen molar-refractivity contribution in [2.75, 3.05) is 12.3 Å². The van der Waals surface area contributed by atoms with Crippen molar-refractivity contribution in [1.82, 2.24) is 20.3 Å². The molecule has 6 heteroatoms. The summed E-state index contributed by atoms with van der Waals surface area (Å²) in [4.78, 5) is 22.7. The smallest absolute Gasteiger partial charge is 0.226 e. The van der Waals surface area contributed by atoms with Crippen molar-refractivity contribution in [1.29, 1.82) is 0 Å². The van der Waals surface area contributed by atoms with Gasteiger partial charge in [-0.05, 0) is 12.1 Å². The molecule has 2 heterocycles. The molecule has 0 aromatic carbocycles. The van der Waals surface area contributed by atoms with E-state index in [4.69, 9.17) is 5.73 Å². The Labute approximate surface area is 105 Å². The number of H-pyrrole nitrogens is 1. The van der Waals surface area contributed by atoms with Crippen LogP contribution in [0.3, 0.4) is 0 Å². The summed E-state index contributed by atoms with van der Waals surface area (Å²) in [5, 5.41) is 2.81. The highest BCUT2D eigenvalue weighted by Crippen LogP contribution is 2.01. The van der Waals surface area contributed by atoms with E-state index in [0.717, 1.165) is 5.82 Å². The number of anilines is 1. The highest BCUT2D eigenvalue weighted by Gasteiger charge is 2.04. The molecule has 0 spiro atoms. The average molecular weight is 245 g/mol. The summed E-state index contributed by atoms with van der Waals surface area (Å²) in [5.74, 6) is 0.805. The third-order valence-electron chi connectivity index (χ3n) is 2.43. The predicted molar refractivity (Wildman–Crippen MR) is 67.7 cm³/mol. The molecule has 0 bridgehead atoms. The average Bonchev–Trinajstić information content (AvgIpc) is 2.85. The summed E-state index contributed by atoms with van der Waals surface area (Å²) in [6.45, 7) is 0.557. The van der Waals surface area contributed by atoms with E-state index in [2.05, 4.69) is 20.3 Å². The number of aromatic amines is 1. The first kappa shape index (κ1) is 12.1. The van der Waals surface area contributed by atoms with Crippen LogP contribution >= 0.6 is 0 Å². The highest BCUT2D eigenvalue weighted by molar-refractivity contribution is 5.78. The van der Waals surface area contributed by atoms with E-state index in [9.17, 15) is 4.79 Å². The Morgan fingerprint density at radius 3 is 2.94 bits per heavy atom. The normalized spacial score (nSPS) is 10.2. The van der Waals surface area contributed by atoms with Gasteiger partial charge in [-0.3, -0.25) is 9.78 Å². The molecular weight excluding hydrogens is 230 g/mol. The van der Waals surface area contributed by atoms with Crippen LogP contribution in [0.5, 0.6) is 0 Å². The quantitative estimate of drug-likeness (QED) is 0.705. The van der Waals surface area contributed by atoms with Crippen LogP contribution in [0.1, 0.15) is 11.5 Å². The number of carbonyl (C=O) groups excluding carboxylic acids is 1. The molecule has 0 saturated heterocycles. The molecule has 0 unspecified atom stereocenters. The van der Waals surface area contributed by atoms with Crippen LogP contribution in [0.15, 0.2) is 30.7 Å². The minimum Gasteiger partial charge on any atom is -0.397 e. The third kappa shape index (κ3) is 3.58. The lowest BCUT2D eigenvalue weighted by Gasteiger charge is -2.04. The fraction of sp³-hybridized carbons (Fsp3) is 0.250. The lowest BCUT2D eigenvalue weighted by atomic mass is 10.2. The van der Waals surface area contributed by atoms with Crippen LogP contribution in [-0.2, 0) is 17.6 Å². The van der Waals surface area contributed by atoms with Gasteiger partial charge in [0.05, 0.1) is 18.3 Å². The molecule has 1 amide bonds. The number of aromatic nitrogens is 3. The second-order valence-electron chi connectivity index (χ2n) is 3.90. The Balaban J connectivity index is 1.73. The number of pyridine rings is 1. The van der Waals surface area contributed by atoms with Crippen molar-refractivity contribution in [3.05, 3.63) is 42.2 Å². The van der Waals surface area contributed by atoms with Gasteiger partial charge in [-0.2, -0.15) is 0 Å². The summed E-state index contributed by atoms with van der Waals surface area (Å²) in [6.07, 6.45) is 5.95. The first-order valence-corrected chi connectivity index (χ1v) is 5.69. The second kappa shape index (κ2) is 5.81. The highest BCUT2D eigenvalue weighted by atomic mass is 16.1. The van der Waals surface area contributed by atoms with E-state index in [-0.39, 0.29) is 12.3 Å². The monoisotopic (exact) mass is 245 g/mol. The Kier molecular flexibility index (Phi) is 3.90. The molecule has 0 aliphatic heterocycles. The fourth-order valence-corrected chi connectivity index (χ4v) is 1.52. The zero-order chi connectivity index (χ0) is 12.8. The molecule has 0 saturated carbocycles. The lowest BCUT2D eigenvalue weighted by Crippen LogP contribution is -2.27. The second-order valence-corrected chi connectivity index (χ2v) is 3.90. The first-order valence-electron chi connectivity index (χ1n) is 5.69. The number of nitrogen functional groups attached to an aromatic ring is 1. The molecular formula is C12H15N5O. The summed E-state index contributed by atoms with van der Waals surface area (Å²) in [5.41, 5.74) is 6.82. The molecule has 2 aromatic heterocycles. The SMILES string of the molecule is Nc1ccc(CC(=O)NCCc2ncc[nH]2)nc1. The van der Waals surface area contributed by atoms with Gasteiger partial charge in [0.15, 0.2) is 0 Å². The molecule has 0 fully saturated rings. The largest absolute Gasteiger partial charge is 0.397 e. The number of carbonyl (C=O) groups is 1. The van der Waals surface area contributed by atoms with Gasteiger partial charge >= 0.3 is 0 Å². The molecule has 0 aliphatic carbocycles. The van der Waals surface area contributed by atoms with E-state index in [1.54, 1.807) is 30.7 Å². The minimum absolute atomic E-state index is 0.0566. The molecule has 18 heavy (non-hydrogen) atoms. The number of nitrogens with two attached hydrogens (primary N) is 1. The van der Waals surface area contributed by atoms with Crippen LogP contribution < -0.4 is 11.1 Å². The van der Waals surface area contributed by atoms with Gasteiger partial charge in [0.2, 0.25) is 5.91 Å². The van der Waals surface area contributed by atoms with Gasteiger partial charge < -0.3 is 16.0 Å². The molecule has 94 valence electrons. The summed E-state index contributed by atoms with van der Waals surface area (Å²) in [7, 11) is 0. The van der Waals surface area contributed by atoms with Crippen LogP contribution in [0.4, 0.5) is 5.69 Å². The topological polar surface area (TPSA) is 96.7 Å². The van der Waals surface area contributed by atoms with Crippen molar-refractivity contribution in [2.45, 2.75) is 12.8 Å². The predicted octanol–water partition coefficient (Wildman–Crippen LogP) is 0.288. The summed E-state index contributed by atoms with van der Waals surface area (Å²) < 4.78 is 0. The van der Waals surface area contributed by atoms with Crippen molar-refractivity contribution < 1.29 is 4.79 Å². The molecule has 0 atom stereocenters. The van der Waals surface area contributed by atoms with E-state index in [0.29, 0.717) is 24.3 Å². The van der Waals surface area contributed by atoms with Gasteiger partial charge in [-0.25, -0.2) is 4.98 Å². The first-order chi connectivity index (χ1) is 8.74. The van der Waals surface area contributed by atoms with Crippen LogP contribution in [0.2, 0.25) is 0 Å². The summed E-state index contributed by atoms with van der Waals surface area (Å²) in [6, 6.07) is 3.49. The van der Waals surface area contributed by atoms with Crippen LogP contribution in [0.25, 0.3) is 0 Å². The molecule has 0 radical (unpaired) electrons. The van der Waals surface area contributed by atoms with Crippen molar-refractivity contribution in [3.8, 4) is 0 Å². The van der Waals surface area contributed by atoms with E-state index in [1.165, 1.54) is 0 Å². The number of hydrogen-bond acceptors (Lipinski definition) is 4. The molecule has 0 aliphatic rings. The number of amides is 1. The summed E-state index contributed by atoms with van der Waals surface area (Å²) >= 11 is 0. The van der Waals surface area contributed by atoms with Gasteiger partial charge in [0.25, 0.3) is 0 Å². The number of rotatable bonds is 5. The lowest BCUT2D eigenvalue weighted by molar-refractivity contribution is -0.120. The minimum atomic E-state index is -0.0566. The van der Waals surface area contributed by atoms with Crippen LogP contribution in [0, 0.1) is 0 Å². The zero-order valence-electron chi connectivity index (χ0n) is 9.89. The van der Waals surface area contributed by atoms with Crippen molar-refractivity contribution >= 4 is 11.6 Å². The Morgan fingerprint density at radius 1 is 1.39 bits per heavy atom. The number of imidazole rings is 1. The standard InChI is InChI=1S/C12H15N5O/c13-9-1-2-10(17-8-9)7-12(18)16-4-3-11-14-5-6-15-11/h1-2,5-6,8H,3-4,7,13H2,(H,14,15)(H,16,18). The molecule has 4 N–H and O–H groups in total. The number of nitrogens with one attached hydrogen (secondary N) is 2. The van der Waals surface area contributed by atoms with Gasteiger partial charge in [-0.15, -0.1) is 0 Å². The number of hydrogen-bond donors (Lipinski definition) is 3. The maximum absolute atomic E-state index is 11.6. The fourth-order valence-electron chi connectivity index (χ4n) is 1.52. The van der Waals surface area contributed by atoms with E-state index in [1.807, 2.05) is 0 Å². The zero-order valence-corrected chi connectivity index (χ0v) is 9.89. The van der Waals surface area contributed by atoms with Crippen molar-refractivity contribution in [3.63, 3.8) is 0 Å². The Morgan fingerprint density at radius 2 is 2.28 bits per heavy atom. The van der Waals surface area contributed by atoms with Crippen molar-refractivity contribution in [2.24, 2.45) is 0 Å². The van der Waals surface area contributed by atoms with Gasteiger partial charge in [-0.1, -0.05) is 0 Å². The van der Waals surface area contributed by atoms with Gasteiger partial charge in [0.1, 0.15) is 5.82 Å². The van der Waals surface area contributed by atoms with E-state index < -0.39 is 0 Å². The maximum atomic E-state index is 11.6. The molecule has 2 rings (SSSR count). The maximum Gasteiger partial charge on any atom is 0.226 e. The van der Waals surface area contributed by atoms with Gasteiger partial charge in [0, 0.05) is 31.1 Å². The molecule has 2 aromatic rings. The Hall–Kier alpha value is -2.37. The molecule has 6 nitrogen and oxygen atoms in total. The third-order valence-corrected chi connectivity index (χ3v) is 2.43. The van der Waals surface area contributed by atoms with E-state index >= 15 is 0 Å². The Bertz CT molecular complexity index is 492.